The van der Waals surface area contributed by atoms with Crippen molar-refractivity contribution in [1.29, 1.82) is 0 Å². The zero-order chi connectivity index (χ0) is 20.8. The largest absolute Gasteiger partial charge is 0.493 e. The number of nitrogens with one attached hydrogen (secondary N) is 1. The molecule has 0 unspecified atom stereocenters. The summed E-state index contributed by atoms with van der Waals surface area (Å²) in [4.78, 5) is 12.0. The molecule has 0 saturated heterocycles. The normalized spacial score (nSPS) is 10.9. The van der Waals surface area contributed by atoms with Crippen molar-refractivity contribution in [3.8, 4) is 17.2 Å². The topological polar surface area (TPSA) is 64.8 Å². The number of methoxy groups -OCH3 is 1. The first-order valence-electron chi connectivity index (χ1n) is 9.02. The van der Waals surface area contributed by atoms with Crippen molar-refractivity contribution < 1.29 is 14.3 Å². The predicted octanol–water partition coefficient (Wildman–Crippen LogP) is 4.29. The van der Waals surface area contributed by atoms with Gasteiger partial charge < -0.3 is 14.0 Å². The Hall–Kier alpha value is -3.25. The summed E-state index contributed by atoms with van der Waals surface area (Å²) in [6.07, 6.45) is 1.62. The lowest BCUT2D eigenvalue weighted by Crippen LogP contribution is -2.24. The van der Waals surface area contributed by atoms with Crippen LogP contribution in [0.5, 0.6) is 11.5 Å². The Labute approximate surface area is 174 Å². The minimum atomic E-state index is -0.365. The van der Waals surface area contributed by atoms with Crippen molar-refractivity contribution >= 4 is 23.7 Å². The molecule has 1 amide bonds. The molecule has 1 N–H and O–H groups in total. The van der Waals surface area contributed by atoms with Crippen molar-refractivity contribution in [2.75, 3.05) is 13.7 Å². The Bertz CT molecular complexity index is 1040. The molecule has 6 nitrogen and oxygen atoms in total. The van der Waals surface area contributed by atoms with Crippen molar-refractivity contribution in [2.45, 2.75) is 13.8 Å². The number of carbonyl (C=O) groups is 1. The Morgan fingerprint density at radius 2 is 1.90 bits per heavy atom. The average Bonchev–Trinajstić information content (AvgIpc) is 2.99. The molecule has 0 spiro atoms. The van der Waals surface area contributed by atoms with Gasteiger partial charge in [0.15, 0.2) is 18.1 Å². The van der Waals surface area contributed by atoms with Gasteiger partial charge in [0, 0.05) is 27.7 Å². The van der Waals surface area contributed by atoms with Gasteiger partial charge >= 0.3 is 0 Å². The van der Waals surface area contributed by atoms with Crippen LogP contribution >= 0.6 is 11.6 Å². The summed E-state index contributed by atoms with van der Waals surface area (Å²) in [7, 11) is 1.55. The second-order valence-electron chi connectivity index (χ2n) is 6.37. The zero-order valence-electron chi connectivity index (χ0n) is 16.5. The van der Waals surface area contributed by atoms with Crippen LogP contribution in [0.2, 0.25) is 5.02 Å². The van der Waals surface area contributed by atoms with E-state index in [9.17, 15) is 4.79 Å². The van der Waals surface area contributed by atoms with Crippen LogP contribution in [-0.4, -0.2) is 30.4 Å². The fraction of sp³-hybridized carbons (Fsp3) is 0.182. The molecule has 0 saturated carbocycles. The average molecular weight is 412 g/mol. The third-order valence-corrected chi connectivity index (χ3v) is 4.59. The van der Waals surface area contributed by atoms with Crippen molar-refractivity contribution in [1.82, 2.24) is 9.99 Å². The lowest BCUT2D eigenvalue weighted by molar-refractivity contribution is -0.123. The van der Waals surface area contributed by atoms with Crippen LogP contribution < -0.4 is 14.9 Å². The maximum Gasteiger partial charge on any atom is 0.277 e. The molecule has 0 atom stereocenters. The van der Waals surface area contributed by atoms with Crippen LogP contribution in [0.15, 0.2) is 59.7 Å². The number of carbonyl (C=O) groups excluding carboxylic acids is 1. The first kappa shape index (κ1) is 20.5. The van der Waals surface area contributed by atoms with Crippen LogP contribution in [0, 0.1) is 13.8 Å². The van der Waals surface area contributed by atoms with Crippen LogP contribution in [-0.2, 0) is 4.79 Å². The molecular weight excluding hydrogens is 390 g/mol. The van der Waals surface area contributed by atoms with Gasteiger partial charge in [-0.05, 0) is 50.2 Å². The van der Waals surface area contributed by atoms with Gasteiger partial charge in [-0.2, -0.15) is 5.10 Å². The molecule has 1 aromatic heterocycles. The Morgan fingerprint density at radius 3 is 2.62 bits per heavy atom. The zero-order valence-corrected chi connectivity index (χ0v) is 17.2. The number of amides is 1. The van der Waals surface area contributed by atoms with E-state index < -0.39 is 0 Å². The van der Waals surface area contributed by atoms with E-state index in [2.05, 4.69) is 15.1 Å². The molecular formula is C22H22ClN3O3. The summed E-state index contributed by atoms with van der Waals surface area (Å²) in [6.45, 7) is 3.83. The van der Waals surface area contributed by atoms with Gasteiger partial charge in [-0.1, -0.05) is 29.8 Å². The minimum Gasteiger partial charge on any atom is -0.493 e. The van der Waals surface area contributed by atoms with Crippen LogP contribution in [0.1, 0.15) is 17.0 Å². The van der Waals surface area contributed by atoms with Crippen molar-refractivity contribution in [2.24, 2.45) is 5.10 Å². The molecule has 150 valence electrons. The van der Waals surface area contributed by atoms with Crippen molar-refractivity contribution in [3.05, 3.63) is 76.6 Å². The highest BCUT2D eigenvalue weighted by molar-refractivity contribution is 6.30. The second kappa shape index (κ2) is 9.30. The lowest BCUT2D eigenvalue weighted by Gasteiger charge is -2.10. The van der Waals surface area contributed by atoms with E-state index >= 15 is 0 Å². The van der Waals surface area contributed by atoms with E-state index in [1.807, 2.05) is 56.3 Å². The molecule has 1 heterocycles. The molecule has 0 radical (unpaired) electrons. The number of hydrazone groups is 1. The molecule has 29 heavy (non-hydrogen) atoms. The summed E-state index contributed by atoms with van der Waals surface area (Å²) in [6, 6.07) is 16.8. The number of hydrogen-bond acceptors (Lipinski definition) is 4. The maximum atomic E-state index is 12.0. The molecule has 3 aromatic rings. The summed E-state index contributed by atoms with van der Waals surface area (Å²) in [5.74, 6) is 0.701. The van der Waals surface area contributed by atoms with E-state index in [1.165, 1.54) is 0 Å². The summed E-state index contributed by atoms with van der Waals surface area (Å²) >= 11 is 6.11. The first-order valence-corrected chi connectivity index (χ1v) is 9.40. The van der Waals surface area contributed by atoms with Gasteiger partial charge in [0.2, 0.25) is 0 Å². The Balaban J connectivity index is 1.63. The predicted molar refractivity (Wildman–Crippen MR) is 114 cm³/mol. The standard InChI is InChI=1S/C22H22ClN3O3/c1-15-11-17(16(2)26(15)19-8-6-7-18(23)12-19)13-24-25-22(27)14-29-21-10-5-4-9-20(21)28-3/h4-13H,14H2,1-3H3,(H,25,27)/b24-13+. The Morgan fingerprint density at radius 1 is 1.14 bits per heavy atom. The molecule has 0 aliphatic rings. The molecule has 2 aromatic carbocycles. The monoisotopic (exact) mass is 411 g/mol. The highest BCUT2D eigenvalue weighted by Gasteiger charge is 2.10. The minimum absolute atomic E-state index is 0.167. The molecule has 3 rings (SSSR count). The molecule has 7 heteroatoms. The number of aryl methyl sites for hydroxylation is 1. The molecule has 0 aliphatic heterocycles. The third-order valence-electron chi connectivity index (χ3n) is 4.36. The number of ether oxygens (including phenoxy) is 2. The smallest absolute Gasteiger partial charge is 0.277 e. The van der Waals surface area contributed by atoms with E-state index in [0.717, 1.165) is 22.6 Å². The number of benzene rings is 2. The van der Waals surface area contributed by atoms with Crippen LogP contribution in [0.25, 0.3) is 5.69 Å². The quantitative estimate of drug-likeness (QED) is 0.466. The number of halogens is 1. The number of para-hydroxylation sites is 2. The van der Waals surface area contributed by atoms with E-state index in [0.29, 0.717) is 16.5 Å². The van der Waals surface area contributed by atoms with E-state index in [1.54, 1.807) is 25.5 Å². The summed E-state index contributed by atoms with van der Waals surface area (Å²) < 4.78 is 12.8. The molecule has 0 bridgehead atoms. The highest BCUT2D eigenvalue weighted by Crippen LogP contribution is 2.25. The summed E-state index contributed by atoms with van der Waals surface area (Å²) in [5.41, 5.74) is 6.38. The number of nitrogens with zero attached hydrogens (tertiary/aromatic N) is 2. The van der Waals surface area contributed by atoms with Crippen LogP contribution in [0.4, 0.5) is 0 Å². The van der Waals surface area contributed by atoms with Gasteiger partial charge in [0.25, 0.3) is 5.91 Å². The van der Waals surface area contributed by atoms with Gasteiger partial charge in [0.05, 0.1) is 13.3 Å². The highest BCUT2D eigenvalue weighted by atomic mass is 35.5. The van der Waals surface area contributed by atoms with E-state index in [4.69, 9.17) is 21.1 Å². The summed E-state index contributed by atoms with van der Waals surface area (Å²) in [5, 5.41) is 4.72. The second-order valence-corrected chi connectivity index (χ2v) is 6.81. The van der Waals surface area contributed by atoms with Crippen molar-refractivity contribution in [3.63, 3.8) is 0 Å². The van der Waals surface area contributed by atoms with Crippen LogP contribution in [0.3, 0.4) is 0 Å². The molecule has 0 aliphatic carbocycles. The van der Waals surface area contributed by atoms with Gasteiger partial charge in [-0.3, -0.25) is 4.79 Å². The fourth-order valence-corrected chi connectivity index (χ4v) is 3.20. The van der Waals surface area contributed by atoms with Gasteiger partial charge in [-0.25, -0.2) is 5.43 Å². The SMILES string of the molecule is COc1ccccc1OCC(=O)N/N=C/c1cc(C)n(-c2cccc(Cl)c2)c1C. The lowest BCUT2D eigenvalue weighted by atomic mass is 10.2. The van der Waals surface area contributed by atoms with Gasteiger partial charge in [0.1, 0.15) is 0 Å². The molecule has 0 fully saturated rings. The number of hydrogen-bond donors (Lipinski definition) is 1. The maximum absolute atomic E-state index is 12.0. The Kier molecular flexibility index (Phi) is 6.57. The first-order chi connectivity index (χ1) is 14.0. The van der Waals surface area contributed by atoms with Gasteiger partial charge in [-0.15, -0.1) is 0 Å². The third kappa shape index (κ3) is 4.97. The number of aromatic nitrogens is 1. The van der Waals surface area contributed by atoms with E-state index in [-0.39, 0.29) is 12.5 Å². The fourth-order valence-electron chi connectivity index (χ4n) is 3.02. The number of rotatable bonds is 7.